The Labute approximate surface area is 161 Å². The van der Waals surface area contributed by atoms with E-state index in [0.29, 0.717) is 34.7 Å². The van der Waals surface area contributed by atoms with Crippen LogP contribution in [0.15, 0.2) is 10.5 Å². The van der Waals surface area contributed by atoms with Crippen LogP contribution in [0.4, 0.5) is 0 Å². The molecule has 1 aliphatic carbocycles. The molecule has 1 atom stereocenters. The topological polar surface area (TPSA) is 63.2 Å². The molecule has 1 saturated heterocycles. The van der Waals surface area contributed by atoms with E-state index in [1.54, 1.807) is 6.07 Å². The highest BCUT2D eigenvalue weighted by Crippen LogP contribution is 2.52. The van der Waals surface area contributed by atoms with E-state index in [-0.39, 0.29) is 5.92 Å². The summed E-state index contributed by atoms with van der Waals surface area (Å²) in [6.07, 6.45) is 3.46. The molecule has 3 aliphatic rings. The number of esters is 1. The first-order valence-electron chi connectivity index (χ1n) is 8.95. The lowest BCUT2D eigenvalue weighted by molar-refractivity contribution is -0.205. The van der Waals surface area contributed by atoms with Crippen molar-refractivity contribution in [2.75, 3.05) is 20.3 Å². The summed E-state index contributed by atoms with van der Waals surface area (Å²) in [5.74, 6) is -0.112. The molecular weight excluding hydrogens is 404 g/mol. The monoisotopic (exact) mass is 426 g/mol. The third kappa shape index (κ3) is 2.80. The molecule has 1 unspecified atom stereocenters. The number of carbonyl (C=O) groups excluding carboxylic acids is 1. The third-order valence-corrected chi connectivity index (χ3v) is 6.35. The van der Waals surface area contributed by atoms with Crippen LogP contribution in [0.5, 0.6) is 11.5 Å². The summed E-state index contributed by atoms with van der Waals surface area (Å²) in [7, 11) is 1.37. The van der Waals surface area contributed by atoms with Crippen molar-refractivity contribution in [2.24, 2.45) is 5.92 Å². The molecule has 26 heavy (non-hydrogen) atoms. The Morgan fingerprint density at radius 3 is 2.42 bits per heavy atom. The Hall–Kier alpha value is -1.31. The van der Waals surface area contributed by atoms with Crippen LogP contribution in [0.25, 0.3) is 0 Å². The van der Waals surface area contributed by atoms with Crippen molar-refractivity contribution in [2.45, 2.75) is 51.1 Å². The maximum atomic E-state index is 12.0. The maximum absolute atomic E-state index is 12.0. The summed E-state index contributed by atoms with van der Waals surface area (Å²) < 4.78 is 29.7. The highest BCUT2D eigenvalue weighted by Gasteiger charge is 2.51. The maximum Gasteiger partial charge on any atom is 0.338 e. The van der Waals surface area contributed by atoms with E-state index in [2.05, 4.69) is 15.9 Å². The van der Waals surface area contributed by atoms with Gasteiger partial charge >= 0.3 is 5.97 Å². The van der Waals surface area contributed by atoms with Gasteiger partial charge in [-0.15, -0.1) is 0 Å². The van der Waals surface area contributed by atoms with E-state index in [1.807, 2.05) is 13.8 Å². The molecule has 7 heteroatoms. The number of halogens is 1. The zero-order chi connectivity index (χ0) is 18.5. The fourth-order valence-corrected chi connectivity index (χ4v) is 4.69. The summed E-state index contributed by atoms with van der Waals surface area (Å²) >= 11 is 3.50. The molecule has 1 saturated carbocycles. The van der Waals surface area contributed by atoms with Gasteiger partial charge in [0.25, 0.3) is 5.79 Å². The number of methoxy groups -OCH3 is 1. The molecule has 0 N–H and O–H groups in total. The molecule has 0 amide bonds. The zero-order valence-electron chi connectivity index (χ0n) is 15.2. The number of hydrogen-bond acceptors (Lipinski definition) is 6. The molecule has 2 fully saturated rings. The fourth-order valence-electron chi connectivity index (χ4n) is 4.20. The molecule has 0 aromatic heterocycles. The van der Waals surface area contributed by atoms with Crippen molar-refractivity contribution in [3.05, 3.63) is 21.7 Å². The molecule has 2 heterocycles. The van der Waals surface area contributed by atoms with Crippen molar-refractivity contribution in [3.8, 4) is 11.5 Å². The van der Waals surface area contributed by atoms with Crippen molar-refractivity contribution >= 4 is 21.9 Å². The van der Waals surface area contributed by atoms with Gasteiger partial charge in [0.05, 0.1) is 30.4 Å². The van der Waals surface area contributed by atoms with E-state index in [9.17, 15) is 4.79 Å². The van der Waals surface area contributed by atoms with E-state index in [1.165, 1.54) is 7.11 Å². The van der Waals surface area contributed by atoms with Crippen LogP contribution in [0, 0.1) is 12.8 Å². The van der Waals surface area contributed by atoms with Crippen LogP contribution >= 0.6 is 15.9 Å². The van der Waals surface area contributed by atoms with Crippen LogP contribution in [0.1, 0.15) is 48.5 Å². The SMILES string of the molecule is COC(=O)c1cc(Br)c2c(c1C)OC(C)(C1CCC3(CC1)OCCO3)O2. The van der Waals surface area contributed by atoms with E-state index >= 15 is 0 Å². The van der Waals surface area contributed by atoms with E-state index < -0.39 is 17.5 Å². The quantitative estimate of drug-likeness (QED) is 0.666. The first-order chi connectivity index (χ1) is 12.4. The molecule has 1 aromatic carbocycles. The van der Waals surface area contributed by atoms with Gasteiger partial charge in [-0.05, 0) is 41.8 Å². The van der Waals surface area contributed by atoms with Gasteiger partial charge in [-0.25, -0.2) is 4.79 Å². The van der Waals surface area contributed by atoms with Crippen LogP contribution in [0.2, 0.25) is 0 Å². The molecule has 6 nitrogen and oxygen atoms in total. The Balaban J connectivity index is 1.57. The Morgan fingerprint density at radius 1 is 1.19 bits per heavy atom. The summed E-state index contributed by atoms with van der Waals surface area (Å²) in [6, 6.07) is 1.73. The van der Waals surface area contributed by atoms with Crippen LogP contribution in [0.3, 0.4) is 0 Å². The van der Waals surface area contributed by atoms with Gasteiger partial charge in [0.15, 0.2) is 17.3 Å². The predicted molar refractivity (Wildman–Crippen MR) is 96.5 cm³/mol. The average molecular weight is 427 g/mol. The highest BCUT2D eigenvalue weighted by molar-refractivity contribution is 9.10. The number of rotatable bonds is 2. The van der Waals surface area contributed by atoms with Gasteiger partial charge in [-0.2, -0.15) is 0 Å². The Kier molecular flexibility index (Phi) is 4.44. The van der Waals surface area contributed by atoms with E-state index in [0.717, 1.165) is 31.2 Å². The predicted octanol–water partition coefficient (Wildman–Crippen LogP) is 3.96. The second-order valence-corrected chi connectivity index (χ2v) is 8.14. The molecule has 2 aliphatic heterocycles. The highest BCUT2D eigenvalue weighted by atomic mass is 79.9. The number of hydrogen-bond donors (Lipinski definition) is 0. The molecule has 142 valence electrons. The van der Waals surface area contributed by atoms with Gasteiger partial charge in [-0.1, -0.05) is 0 Å². The van der Waals surface area contributed by atoms with Crippen molar-refractivity contribution in [3.63, 3.8) is 0 Å². The normalized spacial score (nSPS) is 27.1. The first kappa shape index (κ1) is 18.1. The van der Waals surface area contributed by atoms with Crippen molar-refractivity contribution < 1.29 is 28.5 Å². The minimum atomic E-state index is -0.773. The van der Waals surface area contributed by atoms with Crippen molar-refractivity contribution in [1.29, 1.82) is 0 Å². The van der Waals surface area contributed by atoms with Crippen LogP contribution < -0.4 is 9.47 Å². The molecule has 1 spiro atoms. The minimum Gasteiger partial charge on any atom is -0.465 e. The Bertz CT molecular complexity index is 732. The molecule has 4 rings (SSSR count). The standard InChI is InChI=1S/C19H23BrO6/c1-11-13(17(21)22-3)10-14(20)16-15(11)25-18(2,26-16)12-4-6-19(7-5-12)23-8-9-24-19/h10,12H,4-9H2,1-3H3. The van der Waals surface area contributed by atoms with Crippen LogP contribution in [-0.4, -0.2) is 37.9 Å². The zero-order valence-corrected chi connectivity index (χ0v) is 16.8. The van der Waals surface area contributed by atoms with Gasteiger partial charge in [-0.3, -0.25) is 0 Å². The second kappa shape index (κ2) is 6.39. The largest absolute Gasteiger partial charge is 0.465 e. The molecular formula is C19H23BrO6. The molecule has 1 aromatic rings. The summed E-state index contributed by atoms with van der Waals surface area (Å²) in [6.45, 7) is 5.16. The minimum absolute atomic E-state index is 0.209. The third-order valence-electron chi connectivity index (χ3n) is 5.76. The summed E-state index contributed by atoms with van der Waals surface area (Å²) in [5.41, 5.74) is 1.20. The smallest absolute Gasteiger partial charge is 0.338 e. The van der Waals surface area contributed by atoms with Gasteiger partial charge in [0.1, 0.15) is 0 Å². The van der Waals surface area contributed by atoms with Crippen molar-refractivity contribution in [1.82, 2.24) is 0 Å². The average Bonchev–Trinajstić information content (AvgIpc) is 3.24. The number of ether oxygens (including phenoxy) is 5. The van der Waals surface area contributed by atoms with Gasteiger partial charge < -0.3 is 23.7 Å². The van der Waals surface area contributed by atoms with Crippen LogP contribution in [-0.2, 0) is 14.2 Å². The second-order valence-electron chi connectivity index (χ2n) is 7.28. The van der Waals surface area contributed by atoms with E-state index in [4.69, 9.17) is 23.7 Å². The van der Waals surface area contributed by atoms with Gasteiger partial charge in [0, 0.05) is 31.2 Å². The number of carbonyl (C=O) groups is 1. The van der Waals surface area contributed by atoms with Gasteiger partial charge in [0.2, 0.25) is 0 Å². The number of benzene rings is 1. The Morgan fingerprint density at radius 2 is 1.81 bits per heavy atom. The summed E-state index contributed by atoms with van der Waals surface area (Å²) in [5, 5.41) is 0. The fraction of sp³-hybridized carbons (Fsp3) is 0.632. The lowest BCUT2D eigenvalue weighted by Gasteiger charge is -2.40. The lowest BCUT2D eigenvalue weighted by Crippen LogP contribution is -2.48. The first-order valence-corrected chi connectivity index (χ1v) is 9.74. The molecule has 0 radical (unpaired) electrons. The molecule has 0 bridgehead atoms. The lowest BCUT2D eigenvalue weighted by atomic mass is 9.80. The summed E-state index contributed by atoms with van der Waals surface area (Å²) in [4.78, 5) is 12.0. The number of fused-ring (bicyclic) bond motifs is 1.